The van der Waals surface area contributed by atoms with Crippen molar-refractivity contribution in [1.29, 1.82) is 0 Å². The van der Waals surface area contributed by atoms with E-state index >= 15 is 0 Å². The van der Waals surface area contributed by atoms with Gasteiger partial charge in [-0.3, -0.25) is 0 Å². The average Bonchev–Trinajstić information content (AvgIpc) is 1.35. The summed E-state index contributed by atoms with van der Waals surface area (Å²) in [7, 11) is 1.03. The quantitative estimate of drug-likeness (QED) is 0.394. The Bertz CT molecular complexity index is 32.0. The van der Waals surface area contributed by atoms with Crippen molar-refractivity contribution in [2.45, 2.75) is 6.55 Å². The predicted molar refractivity (Wildman–Crippen MR) is 29.3 cm³/mol. The predicted octanol–water partition coefficient (Wildman–Crippen LogP) is 1.03. The van der Waals surface area contributed by atoms with Gasteiger partial charge in [0.2, 0.25) is 0 Å². The van der Waals surface area contributed by atoms with Crippen LogP contribution >= 0.6 is 11.1 Å². The average molecular weight is 124 g/mol. The van der Waals surface area contributed by atoms with E-state index in [1.165, 1.54) is 0 Å². The molecule has 0 aliphatic heterocycles. The van der Waals surface area contributed by atoms with Crippen LogP contribution in [0.5, 0.6) is 0 Å². The summed E-state index contributed by atoms with van der Waals surface area (Å²) in [5.41, 5.74) is 0. The van der Waals surface area contributed by atoms with Crippen LogP contribution in [0.1, 0.15) is 0 Å². The van der Waals surface area contributed by atoms with Gasteiger partial charge < -0.3 is 4.74 Å². The third-order valence-electron chi connectivity index (χ3n) is 0.343. The highest BCUT2D eigenvalue weighted by Crippen LogP contribution is 1.85. The molecule has 0 aliphatic rings. The first kappa shape index (κ1) is 6.47. The molecular formula is C3H8ClOSi. The molecule has 0 unspecified atom stereocenters. The zero-order valence-electron chi connectivity index (χ0n) is 3.99. The number of hydrogen-bond donors (Lipinski definition) is 0. The smallest absolute Gasteiger partial charge is 0.190 e. The molecule has 0 saturated heterocycles. The van der Waals surface area contributed by atoms with Crippen LogP contribution < -0.4 is 0 Å². The SMILES string of the molecule is COC[Si](C)Cl. The summed E-state index contributed by atoms with van der Waals surface area (Å²) in [6.45, 7) is 2.00. The second-order valence-electron chi connectivity index (χ2n) is 1.11. The molecule has 0 saturated carbocycles. The van der Waals surface area contributed by atoms with Gasteiger partial charge in [0.05, 0.1) is 6.23 Å². The molecule has 0 atom stereocenters. The molecule has 6 heavy (non-hydrogen) atoms. The standard InChI is InChI=1S/C3H8ClOSi/c1-5-3-6(2)4/h3H2,1-2H3. The number of halogens is 1. The Hall–Kier alpha value is 0.467. The van der Waals surface area contributed by atoms with Crippen molar-refractivity contribution >= 4 is 19.2 Å². The highest BCUT2D eigenvalue weighted by molar-refractivity contribution is 7.06. The van der Waals surface area contributed by atoms with Crippen molar-refractivity contribution in [3.8, 4) is 0 Å². The van der Waals surface area contributed by atoms with Gasteiger partial charge in [0.25, 0.3) is 0 Å². The minimum absolute atomic E-state index is 0.636. The molecule has 0 spiro atoms. The van der Waals surface area contributed by atoms with Crippen LogP contribution in [-0.4, -0.2) is 21.4 Å². The molecule has 37 valence electrons. The van der Waals surface area contributed by atoms with Gasteiger partial charge in [-0.05, 0) is 0 Å². The lowest BCUT2D eigenvalue weighted by Gasteiger charge is -1.92. The van der Waals surface area contributed by atoms with Crippen molar-refractivity contribution < 1.29 is 4.74 Å². The van der Waals surface area contributed by atoms with Crippen molar-refractivity contribution in [2.24, 2.45) is 0 Å². The summed E-state index contributed by atoms with van der Waals surface area (Å²) in [4.78, 5) is 0. The monoisotopic (exact) mass is 123 g/mol. The lowest BCUT2D eigenvalue weighted by molar-refractivity contribution is 0.251. The fourth-order valence-electron chi connectivity index (χ4n) is 0.199. The van der Waals surface area contributed by atoms with Crippen LogP contribution in [0.3, 0.4) is 0 Å². The maximum Gasteiger partial charge on any atom is 0.190 e. The minimum Gasteiger partial charge on any atom is -0.387 e. The molecule has 0 bridgehead atoms. The Kier molecular flexibility index (Phi) is 3.93. The van der Waals surface area contributed by atoms with Crippen LogP contribution in [0.15, 0.2) is 0 Å². The highest BCUT2D eigenvalue weighted by Gasteiger charge is 1.93. The number of ether oxygens (including phenoxy) is 1. The molecule has 0 rings (SSSR count). The molecule has 0 fully saturated rings. The molecule has 1 radical (unpaired) electrons. The third kappa shape index (κ3) is 4.47. The maximum atomic E-state index is 5.55. The molecule has 0 amide bonds. The van der Waals surface area contributed by atoms with Crippen LogP contribution in [-0.2, 0) is 4.74 Å². The van der Waals surface area contributed by atoms with E-state index in [0.29, 0.717) is 0 Å². The van der Waals surface area contributed by atoms with E-state index in [-0.39, 0.29) is 0 Å². The normalized spacial score (nSPS) is 10.0. The number of hydrogen-bond acceptors (Lipinski definition) is 1. The first-order valence-corrected chi connectivity index (χ1v) is 4.96. The molecule has 3 heteroatoms. The lowest BCUT2D eigenvalue weighted by Crippen LogP contribution is -2.05. The van der Waals surface area contributed by atoms with E-state index in [2.05, 4.69) is 0 Å². The van der Waals surface area contributed by atoms with Gasteiger partial charge >= 0.3 is 0 Å². The van der Waals surface area contributed by atoms with E-state index in [9.17, 15) is 0 Å². The third-order valence-corrected chi connectivity index (χ3v) is 1.36. The van der Waals surface area contributed by atoms with E-state index in [4.69, 9.17) is 15.8 Å². The van der Waals surface area contributed by atoms with Gasteiger partial charge in [-0.1, -0.05) is 6.55 Å². The zero-order valence-corrected chi connectivity index (χ0v) is 5.75. The van der Waals surface area contributed by atoms with Gasteiger partial charge in [0, 0.05) is 7.11 Å². The van der Waals surface area contributed by atoms with Gasteiger partial charge in [-0.25, -0.2) is 0 Å². The van der Waals surface area contributed by atoms with E-state index in [1.807, 2.05) is 6.55 Å². The topological polar surface area (TPSA) is 9.23 Å². The summed E-state index contributed by atoms with van der Waals surface area (Å²) in [6.07, 6.45) is 0.742. The summed E-state index contributed by atoms with van der Waals surface area (Å²) in [5.74, 6) is 0. The second kappa shape index (κ2) is 3.65. The van der Waals surface area contributed by atoms with Gasteiger partial charge in [0.15, 0.2) is 8.11 Å². The van der Waals surface area contributed by atoms with Crippen molar-refractivity contribution in [3.63, 3.8) is 0 Å². The molecule has 0 aromatic rings. The first-order chi connectivity index (χ1) is 2.77. The van der Waals surface area contributed by atoms with Crippen molar-refractivity contribution in [1.82, 2.24) is 0 Å². The van der Waals surface area contributed by atoms with Crippen LogP contribution in [0.25, 0.3) is 0 Å². The Morgan fingerprint density at radius 1 is 1.83 bits per heavy atom. The largest absolute Gasteiger partial charge is 0.387 e. The van der Waals surface area contributed by atoms with E-state index in [1.54, 1.807) is 7.11 Å². The second-order valence-corrected chi connectivity index (χ2v) is 4.69. The first-order valence-electron chi connectivity index (χ1n) is 1.74. The summed E-state index contributed by atoms with van der Waals surface area (Å²) in [6, 6.07) is 0. The van der Waals surface area contributed by atoms with Crippen LogP contribution in [0, 0.1) is 0 Å². The van der Waals surface area contributed by atoms with Crippen molar-refractivity contribution in [3.05, 3.63) is 0 Å². The molecule has 0 aromatic heterocycles. The summed E-state index contributed by atoms with van der Waals surface area (Å²) in [5, 5.41) is 0. The Labute approximate surface area is 44.6 Å². The molecule has 1 nitrogen and oxygen atoms in total. The van der Waals surface area contributed by atoms with Gasteiger partial charge in [0.1, 0.15) is 0 Å². The number of methoxy groups -OCH3 is 1. The Balaban J connectivity index is 2.63. The Morgan fingerprint density at radius 2 is 2.33 bits per heavy atom. The molecule has 0 aromatic carbocycles. The van der Waals surface area contributed by atoms with E-state index in [0.717, 1.165) is 6.23 Å². The van der Waals surface area contributed by atoms with Crippen LogP contribution in [0.4, 0.5) is 0 Å². The molecule has 0 aliphatic carbocycles. The van der Waals surface area contributed by atoms with Gasteiger partial charge in [-0.15, -0.1) is 0 Å². The summed E-state index contributed by atoms with van der Waals surface area (Å²) < 4.78 is 4.72. The highest BCUT2D eigenvalue weighted by atomic mass is 35.6. The molecule has 0 heterocycles. The maximum absolute atomic E-state index is 5.55. The zero-order chi connectivity index (χ0) is 4.99. The fourth-order valence-corrected chi connectivity index (χ4v) is 0.924. The van der Waals surface area contributed by atoms with Crippen LogP contribution in [0.2, 0.25) is 6.55 Å². The number of rotatable bonds is 2. The van der Waals surface area contributed by atoms with E-state index < -0.39 is 8.11 Å². The lowest BCUT2D eigenvalue weighted by atomic mass is 11.5. The molecular weight excluding hydrogens is 116 g/mol. The summed E-state index contributed by atoms with van der Waals surface area (Å²) >= 11 is 5.55. The molecule has 0 N–H and O–H groups in total. The van der Waals surface area contributed by atoms with Crippen molar-refractivity contribution in [2.75, 3.05) is 13.3 Å². The Morgan fingerprint density at radius 3 is 2.33 bits per heavy atom. The fraction of sp³-hybridized carbons (Fsp3) is 1.00. The minimum atomic E-state index is -0.636. The van der Waals surface area contributed by atoms with Gasteiger partial charge in [-0.2, -0.15) is 11.1 Å².